The molecule has 5 fully saturated rings. The van der Waals surface area contributed by atoms with Crippen LogP contribution in [0.1, 0.15) is 51.4 Å². The van der Waals surface area contributed by atoms with E-state index in [0.717, 1.165) is 24.7 Å². The third-order valence-corrected chi connectivity index (χ3v) is 6.10. The van der Waals surface area contributed by atoms with E-state index in [1.165, 1.54) is 32.1 Å². The van der Waals surface area contributed by atoms with Gasteiger partial charge in [0.1, 0.15) is 0 Å². The molecule has 0 atom stereocenters. The molecule has 0 aromatic rings. The minimum atomic E-state index is 0.0880. The Hall–Kier alpha value is -0.860. The van der Waals surface area contributed by atoms with Crippen LogP contribution in [0.3, 0.4) is 0 Å². The lowest BCUT2D eigenvalue weighted by Gasteiger charge is -2.54. The standard InChI is InChI=1S/C16H23NO2/c18-14-3-1-2-4-17(14)16(19)15-12-6-10-5-11(8-12)9-13(15)7-10/h10-13,15H,1-9H2. The van der Waals surface area contributed by atoms with E-state index in [1.807, 2.05) is 0 Å². The molecule has 0 spiro atoms. The van der Waals surface area contributed by atoms with Crippen molar-refractivity contribution in [3.8, 4) is 0 Å². The Bertz CT molecular complexity index is 389. The summed E-state index contributed by atoms with van der Waals surface area (Å²) >= 11 is 0. The second-order valence-corrected chi connectivity index (χ2v) is 7.30. The SMILES string of the molecule is O=C1CCCCN1C(=O)C1C2CC3CC(C2)CC1C3. The highest BCUT2D eigenvalue weighted by Crippen LogP contribution is 2.56. The molecule has 0 radical (unpaired) electrons. The van der Waals surface area contributed by atoms with Crippen molar-refractivity contribution in [2.45, 2.75) is 51.4 Å². The number of imide groups is 1. The molecule has 1 aliphatic heterocycles. The van der Waals surface area contributed by atoms with Crippen molar-refractivity contribution in [3.63, 3.8) is 0 Å². The molecule has 3 nitrogen and oxygen atoms in total. The summed E-state index contributed by atoms with van der Waals surface area (Å²) in [5.41, 5.74) is 0. The van der Waals surface area contributed by atoms with E-state index in [0.29, 0.717) is 24.8 Å². The van der Waals surface area contributed by atoms with Crippen LogP contribution in [0.15, 0.2) is 0 Å². The Labute approximate surface area is 114 Å². The van der Waals surface area contributed by atoms with Gasteiger partial charge in [0.2, 0.25) is 11.8 Å². The number of nitrogens with zero attached hydrogens (tertiary/aromatic N) is 1. The molecule has 19 heavy (non-hydrogen) atoms. The largest absolute Gasteiger partial charge is 0.282 e. The van der Waals surface area contributed by atoms with Gasteiger partial charge in [-0.1, -0.05) is 0 Å². The molecule has 0 aromatic carbocycles. The van der Waals surface area contributed by atoms with E-state index in [4.69, 9.17) is 0 Å². The molecule has 104 valence electrons. The Morgan fingerprint density at radius 2 is 1.58 bits per heavy atom. The van der Waals surface area contributed by atoms with Crippen molar-refractivity contribution in [1.82, 2.24) is 4.90 Å². The monoisotopic (exact) mass is 261 g/mol. The first-order valence-corrected chi connectivity index (χ1v) is 8.06. The highest BCUT2D eigenvalue weighted by atomic mass is 16.2. The molecule has 0 aromatic heterocycles. The van der Waals surface area contributed by atoms with E-state index >= 15 is 0 Å². The Morgan fingerprint density at radius 3 is 2.16 bits per heavy atom. The average Bonchev–Trinajstić information content (AvgIpc) is 2.37. The van der Waals surface area contributed by atoms with Crippen LogP contribution in [-0.2, 0) is 9.59 Å². The summed E-state index contributed by atoms with van der Waals surface area (Å²) in [5.74, 6) is 3.45. The van der Waals surface area contributed by atoms with E-state index in [-0.39, 0.29) is 17.7 Å². The number of rotatable bonds is 1. The van der Waals surface area contributed by atoms with Gasteiger partial charge in [0.15, 0.2) is 0 Å². The molecule has 5 aliphatic rings. The molecule has 4 aliphatic carbocycles. The molecular formula is C16H23NO2. The van der Waals surface area contributed by atoms with Gasteiger partial charge in [0, 0.05) is 18.9 Å². The zero-order valence-electron chi connectivity index (χ0n) is 11.5. The summed E-state index contributed by atoms with van der Waals surface area (Å²) in [6.45, 7) is 0.681. The Balaban J connectivity index is 1.55. The van der Waals surface area contributed by atoms with Crippen molar-refractivity contribution in [2.75, 3.05) is 6.54 Å². The van der Waals surface area contributed by atoms with E-state index in [2.05, 4.69) is 0 Å². The molecule has 2 amide bonds. The van der Waals surface area contributed by atoms with Gasteiger partial charge in [0.05, 0.1) is 0 Å². The lowest BCUT2D eigenvalue weighted by Crippen LogP contribution is -2.53. The second kappa shape index (κ2) is 4.32. The number of hydrogen-bond donors (Lipinski definition) is 0. The second-order valence-electron chi connectivity index (χ2n) is 7.30. The van der Waals surface area contributed by atoms with Crippen molar-refractivity contribution in [2.24, 2.45) is 29.6 Å². The summed E-state index contributed by atoms with van der Waals surface area (Å²) in [4.78, 5) is 26.4. The first kappa shape index (κ1) is 11.9. The van der Waals surface area contributed by atoms with Crippen LogP contribution in [-0.4, -0.2) is 23.3 Å². The van der Waals surface area contributed by atoms with Crippen LogP contribution in [0.25, 0.3) is 0 Å². The van der Waals surface area contributed by atoms with Crippen LogP contribution < -0.4 is 0 Å². The Kier molecular flexibility index (Phi) is 2.71. The van der Waals surface area contributed by atoms with Crippen molar-refractivity contribution >= 4 is 11.8 Å². The van der Waals surface area contributed by atoms with Crippen LogP contribution in [0.4, 0.5) is 0 Å². The molecule has 0 N–H and O–H groups in total. The van der Waals surface area contributed by atoms with E-state index in [1.54, 1.807) is 4.90 Å². The zero-order valence-corrected chi connectivity index (χ0v) is 11.5. The summed E-state index contributed by atoms with van der Waals surface area (Å²) in [6, 6.07) is 0. The van der Waals surface area contributed by atoms with Crippen molar-refractivity contribution < 1.29 is 9.59 Å². The molecular weight excluding hydrogens is 238 g/mol. The molecule has 0 unspecified atom stereocenters. The first-order valence-electron chi connectivity index (χ1n) is 8.06. The van der Waals surface area contributed by atoms with Gasteiger partial charge in [-0.05, 0) is 68.6 Å². The number of hydrogen-bond acceptors (Lipinski definition) is 2. The van der Waals surface area contributed by atoms with Crippen molar-refractivity contribution in [1.29, 1.82) is 0 Å². The maximum Gasteiger partial charge on any atom is 0.232 e. The Morgan fingerprint density at radius 1 is 0.947 bits per heavy atom. The molecule has 1 heterocycles. The van der Waals surface area contributed by atoms with Gasteiger partial charge in [-0.2, -0.15) is 0 Å². The van der Waals surface area contributed by atoms with Gasteiger partial charge in [-0.3, -0.25) is 14.5 Å². The molecule has 3 heteroatoms. The zero-order chi connectivity index (χ0) is 13.0. The number of carbonyl (C=O) groups excluding carboxylic acids is 2. The third kappa shape index (κ3) is 1.85. The number of amides is 2. The quantitative estimate of drug-likeness (QED) is 0.680. The lowest BCUT2D eigenvalue weighted by molar-refractivity contribution is -0.158. The van der Waals surface area contributed by atoms with Gasteiger partial charge >= 0.3 is 0 Å². The smallest absolute Gasteiger partial charge is 0.232 e. The van der Waals surface area contributed by atoms with Crippen LogP contribution in [0.5, 0.6) is 0 Å². The summed E-state index contributed by atoms with van der Waals surface area (Å²) < 4.78 is 0. The predicted octanol–water partition coefficient (Wildman–Crippen LogP) is 2.60. The molecule has 1 saturated heterocycles. The topological polar surface area (TPSA) is 37.4 Å². The number of piperidine rings is 1. The van der Waals surface area contributed by atoms with E-state index < -0.39 is 0 Å². The first-order chi connectivity index (χ1) is 9.22. The fraction of sp³-hybridized carbons (Fsp3) is 0.875. The van der Waals surface area contributed by atoms with Crippen LogP contribution in [0, 0.1) is 29.6 Å². The van der Waals surface area contributed by atoms with Crippen molar-refractivity contribution in [3.05, 3.63) is 0 Å². The normalized spacial score (nSPS) is 44.7. The average molecular weight is 261 g/mol. The van der Waals surface area contributed by atoms with Gasteiger partial charge < -0.3 is 0 Å². The minimum absolute atomic E-state index is 0.0880. The fourth-order valence-corrected chi connectivity index (χ4v) is 5.55. The number of likely N-dealkylation sites (tertiary alicyclic amines) is 1. The van der Waals surface area contributed by atoms with E-state index in [9.17, 15) is 9.59 Å². The molecule has 4 bridgehead atoms. The highest BCUT2D eigenvalue weighted by Gasteiger charge is 2.52. The van der Waals surface area contributed by atoms with Gasteiger partial charge in [0.25, 0.3) is 0 Å². The van der Waals surface area contributed by atoms with Crippen LogP contribution in [0.2, 0.25) is 0 Å². The highest BCUT2D eigenvalue weighted by molar-refractivity contribution is 5.97. The lowest BCUT2D eigenvalue weighted by atomic mass is 9.51. The maximum absolute atomic E-state index is 12.8. The van der Waals surface area contributed by atoms with Gasteiger partial charge in [-0.25, -0.2) is 0 Å². The number of carbonyl (C=O) groups is 2. The third-order valence-electron chi connectivity index (χ3n) is 6.10. The predicted molar refractivity (Wildman–Crippen MR) is 71.1 cm³/mol. The molecule has 5 rings (SSSR count). The minimum Gasteiger partial charge on any atom is -0.282 e. The maximum atomic E-state index is 12.8. The summed E-state index contributed by atoms with van der Waals surface area (Å²) in [5, 5.41) is 0. The summed E-state index contributed by atoms with van der Waals surface area (Å²) in [6.07, 6.45) is 8.98. The van der Waals surface area contributed by atoms with Crippen LogP contribution >= 0.6 is 0 Å². The summed E-state index contributed by atoms with van der Waals surface area (Å²) in [7, 11) is 0. The fourth-order valence-electron chi connectivity index (χ4n) is 5.55. The van der Waals surface area contributed by atoms with Gasteiger partial charge in [-0.15, -0.1) is 0 Å². The molecule has 4 saturated carbocycles.